The molecular weight excluding hydrogens is 310 g/mol. The Balaban J connectivity index is 1.71. The smallest absolute Gasteiger partial charge is 0.236 e. The van der Waals surface area contributed by atoms with Gasteiger partial charge >= 0.3 is 0 Å². The zero-order chi connectivity index (χ0) is 16.8. The van der Waals surface area contributed by atoms with Gasteiger partial charge in [-0.15, -0.1) is 0 Å². The highest BCUT2D eigenvalue weighted by atomic mass is 35.5. The summed E-state index contributed by atoms with van der Waals surface area (Å²) in [5.41, 5.74) is 1.28. The maximum atomic E-state index is 11.7. The van der Waals surface area contributed by atoms with E-state index in [0.29, 0.717) is 18.5 Å². The number of hydrogen-bond acceptors (Lipinski definition) is 3. The molecule has 0 spiro atoms. The molecule has 1 atom stereocenters. The van der Waals surface area contributed by atoms with Crippen LogP contribution in [0.15, 0.2) is 24.3 Å². The summed E-state index contributed by atoms with van der Waals surface area (Å²) < 4.78 is 0. The fraction of sp³-hybridized carbons (Fsp3) is 0.611. The molecule has 23 heavy (non-hydrogen) atoms. The summed E-state index contributed by atoms with van der Waals surface area (Å²) in [6.07, 6.45) is 2.20. The molecular formula is C18H28ClN3O. The van der Waals surface area contributed by atoms with Crippen LogP contribution in [0, 0.1) is 0 Å². The van der Waals surface area contributed by atoms with Crippen molar-refractivity contribution in [3.8, 4) is 0 Å². The maximum Gasteiger partial charge on any atom is 0.236 e. The van der Waals surface area contributed by atoms with Crippen LogP contribution in [-0.2, 0) is 4.79 Å². The fourth-order valence-electron chi connectivity index (χ4n) is 2.90. The van der Waals surface area contributed by atoms with Gasteiger partial charge < -0.3 is 10.2 Å². The first-order valence-electron chi connectivity index (χ1n) is 8.37. The fourth-order valence-corrected chi connectivity index (χ4v) is 3.10. The first kappa shape index (κ1) is 18.2. The number of likely N-dealkylation sites (tertiary alicyclic amines) is 1. The second-order valence-electron chi connectivity index (χ2n) is 6.70. The van der Waals surface area contributed by atoms with Gasteiger partial charge in [-0.1, -0.05) is 30.7 Å². The molecule has 1 aliphatic rings. The van der Waals surface area contributed by atoms with E-state index in [2.05, 4.69) is 23.2 Å². The summed E-state index contributed by atoms with van der Waals surface area (Å²) in [4.78, 5) is 15.7. The number of amides is 1. The lowest BCUT2D eigenvalue weighted by molar-refractivity contribution is -0.130. The Kier molecular flexibility index (Phi) is 6.88. The van der Waals surface area contributed by atoms with Gasteiger partial charge in [0, 0.05) is 44.8 Å². The number of piperidine rings is 1. The molecule has 1 amide bonds. The third kappa shape index (κ3) is 5.79. The second-order valence-corrected chi connectivity index (χ2v) is 7.14. The van der Waals surface area contributed by atoms with Crippen LogP contribution in [0.25, 0.3) is 0 Å². The first-order chi connectivity index (χ1) is 11.0. The van der Waals surface area contributed by atoms with Gasteiger partial charge in [0.25, 0.3) is 0 Å². The van der Waals surface area contributed by atoms with Crippen molar-refractivity contribution in [2.45, 2.75) is 31.7 Å². The van der Waals surface area contributed by atoms with Gasteiger partial charge in [-0.2, -0.15) is 0 Å². The average molecular weight is 338 g/mol. The summed E-state index contributed by atoms with van der Waals surface area (Å²) in [5.74, 6) is 0.632. The van der Waals surface area contributed by atoms with E-state index in [4.69, 9.17) is 11.6 Å². The minimum absolute atomic E-state index is 0.186. The molecule has 0 aromatic heterocycles. The molecule has 1 aliphatic heterocycles. The summed E-state index contributed by atoms with van der Waals surface area (Å²) >= 11 is 6.06. The monoisotopic (exact) mass is 337 g/mol. The van der Waals surface area contributed by atoms with Crippen LogP contribution >= 0.6 is 11.6 Å². The average Bonchev–Trinajstić information content (AvgIpc) is 2.53. The number of halogens is 1. The molecule has 0 bridgehead atoms. The van der Waals surface area contributed by atoms with Crippen molar-refractivity contribution in [1.29, 1.82) is 0 Å². The number of benzene rings is 1. The lowest BCUT2D eigenvalue weighted by Crippen LogP contribution is -2.46. The number of nitrogens with one attached hydrogen (secondary N) is 1. The molecule has 1 aromatic rings. The third-order valence-corrected chi connectivity index (χ3v) is 4.81. The summed E-state index contributed by atoms with van der Waals surface area (Å²) in [5, 5.41) is 4.47. The van der Waals surface area contributed by atoms with E-state index in [-0.39, 0.29) is 5.91 Å². The van der Waals surface area contributed by atoms with Gasteiger partial charge in [0.1, 0.15) is 0 Å². The van der Waals surface area contributed by atoms with Crippen molar-refractivity contribution in [2.75, 3.05) is 40.3 Å². The van der Waals surface area contributed by atoms with Gasteiger partial charge in [-0.05, 0) is 36.5 Å². The molecule has 5 heteroatoms. The predicted molar refractivity (Wildman–Crippen MR) is 96.0 cm³/mol. The largest absolute Gasteiger partial charge is 0.348 e. The Bertz CT molecular complexity index is 513. The molecule has 0 aliphatic carbocycles. The molecule has 0 saturated carbocycles. The standard InChI is InChI=1S/C18H28ClN3O/c1-14(15-5-4-6-16(19)11-15)12-20-17-7-9-22(10-8-17)13-18(23)21(2)3/h4-6,11,14,17,20H,7-10,12-13H2,1-3H3. The van der Waals surface area contributed by atoms with Crippen molar-refractivity contribution in [2.24, 2.45) is 0 Å². The molecule has 2 rings (SSSR count). The van der Waals surface area contributed by atoms with Crippen molar-refractivity contribution >= 4 is 17.5 Å². The topological polar surface area (TPSA) is 35.6 Å². The van der Waals surface area contributed by atoms with E-state index in [9.17, 15) is 4.79 Å². The van der Waals surface area contributed by atoms with Crippen LogP contribution in [0.2, 0.25) is 5.02 Å². The summed E-state index contributed by atoms with van der Waals surface area (Å²) in [6, 6.07) is 8.64. The lowest BCUT2D eigenvalue weighted by atomic mass is 9.99. The van der Waals surface area contributed by atoms with E-state index >= 15 is 0 Å². The Morgan fingerprint density at radius 2 is 2.09 bits per heavy atom. The zero-order valence-electron chi connectivity index (χ0n) is 14.4. The molecule has 128 valence electrons. The van der Waals surface area contributed by atoms with Crippen LogP contribution in [0.3, 0.4) is 0 Å². The molecule has 4 nitrogen and oxygen atoms in total. The molecule has 1 unspecified atom stereocenters. The number of rotatable bonds is 6. The van der Waals surface area contributed by atoms with Gasteiger partial charge in [-0.25, -0.2) is 0 Å². The highest BCUT2D eigenvalue weighted by Gasteiger charge is 2.21. The van der Waals surface area contributed by atoms with Gasteiger partial charge in [-0.3, -0.25) is 9.69 Å². The van der Waals surface area contributed by atoms with E-state index in [1.54, 1.807) is 4.90 Å². The molecule has 1 saturated heterocycles. The quantitative estimate of drug-likeness (QED) is 0.866. The highest BCUT2D eigenvalue weighted by Crippen LogP contribution is 2.19. The van der Waals surface area contributed by atoms with Crippen LogP contribution in [0.5, 0.6) is 0 Å². The second kappa shape index (κ2) is 8.67. The van der Waals surface area contributed by atoms with Crippen LogP contribution < -0.4 is 5.32 Å². The number of hydrogen-bond donors (Lipinski definition) is 1. The number of carbonyl (C=O) groups excluding carboxylic acids is 1. The van der Waals surface area contributed by atoms with Crippen LogP contribution in [-0.4, -0.2) is 62.0 Å². The zero-order valence-corrected chi connectivity index (χ0v) is 15.1. The lowest BCUT2D eigenvalue weighted by Gasteiger charge is -2.33. The summed E-state index contributed by atoms with van der Waals surface area (Å²) in [6.45, 7) is 5.70. The SMILES string of the molecule is CC(CNC1CCN(CC(=O)N(C)C)CC1)c1cccc(Cl)c1. The number of carbonyl (C=O) groups is 1. The Morgan fingerprint density at radius 3 is 2.70 bits per heavy atom. The molecule has 1 N–H and O–H groups in total. The van der Waals surface area contributed by atoms with Crippen LogP contribution in [0.4, 0.5) is 0 Å². The van der Waals surface area contributed by atoms with E-state index in [0.717, 1.165) is 37.5 Å². The molecule has 0 radical (unpaired) electrons. The van der Waals surface area contributed by atoms with Crippen molar-refractivity contribution < 1.29 is 4.79 Å². The number of nitrogens with zero attached hydrogens (tertiary/aromatic N) is 2. The minimum Gasteiger partial charge on any atom is -0.348 e. The molecule has 1 aromatic carbocycles. The van der Waals surface area contributed by atoms with Gasteiger partial charge in [0.15, 0.2) is 0 Å². The highest BCUT2D eigenvalue weighted by molar-refractivity contribution is 6.30. The van der Waals surface area contributed by atoms with Gasteiger partial charge in [0.05, 0.1) is 6.54 Å². The molecule has 1 heterocycles. The minimum atomic E-state index is 0.186. The Morgan fingerprint density at radius 1 is 1.39 bits per heavy atom. The predicted octanol–water partition coefficient (Wildman–Crippen LogP) is 2.59. The van der Waals surface area contributed by atoms with Gasteiger partial charge in [0.2, 0.25) is 5.91 Å². The van der Waals surface area contributed by atoms with Crippen LogP contribution in [0.1, 0.15) is 31.2 Å². The van der Waals surface area contributed by atoms with Crippen molar-refractivity contribution in [3.63, 3.8) is 0 Å². The van der Waals surface area contributed by atoms with Crippen molar-refractivity contribution in [1.82, 2.24) is 15.1 Å². The molecule has 1 fully saturated rings. The number of likely N-dealkylation sites (N-methyl/N-ethyl adjacent to an activating group) is 1. The van der Waals surface area contributed by atoms with E-state index in [1.807, 2.05) is 32.3 Å². The van der Waals surface area contributed by atoms with E-state index < -0.39 is 0 Å². The maximum absolute atomic E-state index is 11.7. The normalized spacial score (nSPS) is 17.9. The van der Waals surface area contributed by atoms with E-state index in [1.165, 1.54) is 5.56 Å². The summed E-state index contributed by atoms with van der Waals surface area (Å²) in [7, 11) is 3.63. The first-order valence-corrected chi connectivity index (χ1v) is 8.75. The van der Waals surface area contributed by atoms with Crippen molar-refractivity contribution in [3.05, 3.63) is 34.9 Å². The third-order valence-electron chi connectivity index (χ3n) is 4.58. The Labute approximate surface area is 144 Å². The Hall–Kier alpha value is -1.10.